The monoisotopic (exact) mass is 219 g/mol. The summed E-state index contributed by atoms with van der Waals surface area (Å²) in [6.07, 6.45) is 2.50. The second kappa shape index (κ2) is 5.46. The van der Waals surface area contributed by atoms with Crippen LogP contribution in [0, 0.1) is 5.92 Å². The van der Waals surface area contributed by atoms with Crippen LogP contribution in [0.1, 0.15) is 30.5 Å². The molecule has 2 unspecified atom stereocenters. The van der Waals surface area contributed by atoms with Gasteiger partial charge in [0.1, 0.15) is 0 Å². The molecule has 16 heavy (non-hydrogen) atoms. The smallest absolute Gasteiger partial charge is 0.0587 e. The van der Waals surface area contributed by atoms with Crippen LogP contribution in [-0.4, -0.2) is 20.3 Å². The quantitative estimate of drug-likeness (QED) is 0.786. The standard InChI is InChI=1S/C14H21NO/c1-11-7-8-12-5-3-4-6-13(12)14(11)15-9-10-16-2/h3-6,11,14-15H,7-10H2,1-2H3. The fraction of sp³-hybridized carbons (Fsp3) is 0.571. The van der Waals surface area contributed by atoms with E-state index in [0.29, 0.717) is 12.0 Å². The van der Waals surface area contributed by atoms with Crippen molar-refractivity contribution < 1.29 is 4.74 Å². The number of rotatable bonds is 4. The van der Waals surface area contributed by atoms with Crippen molar-refractivity contribution in [2.75, 3.05) is 20.3 Å². The van der Waals surface area contributed by atoms with Crippen LogP contribution in [0.5, 0.6) is 0 Å². The summed E-state index contributed by atoms with van der Waals surface area (Å²) in [5, 5.41) is 3.60. The fourth-order valence-corrected chi connectivity index (χ4v) is 2.55. The number of benzene rings is 1. The number of nitrogens with one attached hydrogen (secondary N) is 1. The van der Waals surface area contributed by atoms with Crippen molar-refractivity contribution in [1.29, 1.82) is 0 Å². The van der Waals surface area contributed by atoms with Gasteiger partial charge in [0, 0.05) is 19.7 Å². The summed E-state index contributed by atoms with van der Waals surface area (Å²) in [7, 11) is 1.75. The average molecular weight is 219 g/mol. The highest BCUT2D eigenvalue weighted by molar-refractivity contribution is 5.32. The second-order valence-corrected chi connectivity index (χ2v) is 4.64. The van der Waals surface area contributed by atoms with Crippen molar-refractivity contribution in [3.63, 3.8) is 0 Å². The van der Waals surface area contributed by atoms with Gasteiger partial charge in [-0.2, -0.15) is 0 Å². The molecule has 0 spiro atoms. The summed E-state index contributed by atoms with van der Waals surface area (Å²) < 4.78 is 5.09. The van der Waals surface area contributed by atoms with Crippen LogP contribution >= 0.6 is 0 Å². The summed E-state index contributed by atoms with van der Waals surface area (Å²) in [5.74, 6) is 0.715. The van der Waals surface area contributed by atoms with Gasteiger partial charge in [-0.3, -0.25) is 0 Å². The third-order valence-corrected chi connectivity index (χ3v) is 3.50. The Morgan fingerprint density at radius 1 is 1.38 bits per heavy atom. The van der Waals surface area contributed by atoms with E-state index in [0.717, 1.165) is 13.2 Å². The van der Waals surface area contributed by atoms with E-state index in [1.54, 1.807) is 7.11 Å². The molecule has 1 aliphatic rings. The molecule has 0 radical (unpaired) electrons. The summed E-state index contributed by atoms with van der Waals surface area (Å²) >= 11 is 0. The van der Waals surface area contributed by atoms with Crippen molar-refractivity contribution in [2.45, 2.75) is 25.8 Å². The lowest BCUT2D eigenvalue weighted by Crippen LogP contribution is -2.33. The molecule has 0 heterocycles. The Bertz CT molecular complexity index is 337. The number of hydrogen-bond donors (Lipinski definition) is 1. The first-order valence-electron chi connectivity index (χ1n) is 6.13. The van der Waals surface area contributed by atoms with Crippen LogP contribution in [0.4, 0.5) is 0 Å². The second-order valence-electron chi connectivity index (χ2n) is 4.64. The minimum atomic E-state index is 0.500. The van der Waals surface area contributed by atoms with E-state index in [-0.39, 0.29) is 0 Å². The molecule has 1 aromatic carbocycles. The van der Waals surface area contributed by atoms with Gasteiger partial charge in [0.05, 0.1) is 6.61 Å². The van der Waals surface area contributed by atoms with Crippen molar-refractivity contribution in [3.8, 4) is 0 Å². The molecule has 2 nitrogen and oxygen atoms in total. The Morgan fingerprint density at radius 3 is 3.00 bits per heavy atom. The molecule has 0 saturated heterocycles. The van der Waals surface area contributed by atoms with Gasteiger partial charge >= 0.3 is 0 Å². The highest BCUT2D eigenvalue weighted by Crippen LogP contribution is 2.33. The predicted molar refractivity (Wildman–Crippen MR) is 66.5 cm³/mol. The molecule has 1 aliphatic carbocycles. The van der Waals surface area contributed by atoms with Crippen molar-refractivity contribution >= 4 is 0 Å². The van der Waals surface area contributed by atoms with Gasteiger partial charge in [-0.25, -0.2) is 0 Å². The van der Waals surface area contributed by atoms with Crippen LogP contribution in [-0.2, 0) is 11.2 Å². The third-order valence-electron chi connectivity index (χ3n) is 3.50. The Morgan fingerprint density at radius 2 is 2.19 bits per heavy atom. The molecule has 2 rings (SSSR count). The third kappa shape index (κ3) is 2.45. The molecule has 0 amide bonds. The van der Waals surface area contributed by atoms with E-state index in [1.807, 2.05) is 0 Å². The van der Waals surface area contributed by atoms with Gasteiger partial charge in [-0.05, 0) is 29.9 Å². The maximum Gasteiger partial charge on any atom is 0.0587 e. The number of aryl methyl sites for hydroxylation is 1. The van der Waals surface area contributed by atoms with Gasteiger partial charge in [-0.1, -0.05) is 31.2 Å². The largest absolute Gasteiger partial charge is 0.383 e. The summed E-state index contributed by atoms with van der Waals surface area (Å²) in [6, 6.07) is 9.30. The minimum Gasteiger partial charge on any atom is -0.383 e. The lowest BCUT2D eigenvalue weighted by molar-refractivity contribution is 0.189. The van der Waals surface area contributed by atoms with Crippen molar-refractivity contribution in [3.05, 3.63) is 35.4 Å². The summed E-state index contributed by atoms with van der Waals surface area (Å²) in [4.78, 5) is 0. The molecular formula is C14H21NO. The van der Waals surface area contributed by atoms with Crippen LogP contribution < -0.4 is 5.32 Å². The molecule has 88 valence electrons. The first-order chi connectivity index (χ1) is 7.83. The molecule has 2 heteroatoms. The van der Waals surface area contributed by atoms with E-state index in [9.17, 15) is 0 Å². The maximum absolute atomic E-state index is 5.09. The van der Waals surface area contributed by atoms with Crippen LogP contribution in [0.25, 0.3) is 0 Å². The molecular weight excluding hydrogens is 198 g/mol. The highest BCUT2D eigenvalue weighted by atomic mass is 16.5. The number of fused-ring (bicyclic) bond motifs is 1. The van der Waals surface area contributed by atoms with Gasteiger partial charge in [0.25, 0.3) is 0 Å². The number of ether oxygens (including phenoxy) is 1. The number of hydrogen-bond acceptors (Lipinski definition) is 2. The molecule has 1 N–H and O–H groups in total. The Kier molecular flexibility index (Phi) is 3.97. The van der Waals surface area contributed by atoms with E-state index < -0.39 is 0 Å². The first-order valence-corrected chi connectivity index (χ1v) is 6.13. The van der Waals surface area contributed by atoms with Crippen LogP contribution in [0.15, 0.2) is 24.3 Å². The Hall–Kier alpha value is -0.860. The lowest BCUT2D eigenvalue weighted by atomic mass is 9.81. The maximum atomic E-state index is 5.09. The van der Waals surface area contributed by atoms with E-state index in [1.165, 1.54) is 24.0 Å². The minimum absolute atomic E-state index is 0.500. The Labute approximate surface area is 98.0 Å². The zero-order valence-electron chi connectivity index (χ0n) is 10.2. The zero-order chi connectivity index (χ0) is 11.4. The van der Waals surface area contributed by atoms with E-state index in [2.05, 4.69) is 36.5 Å². The van der Waals surface area contributed by atoms with Gasteiger partial charge in [0.2, 0.25) is 0 Å². The van der Waals surface area contributed by atoms with E-state index in [4.69, 9.17) is 4.74 Å². The zero-order valence-corrected chi connectivity index (χ0v) is 10.2. The van der Waals surface area contributed by atoms with E-state index >= 15 is 0 Å². The van der Waals surface area contributed by atoms with Crippen molar-refractivity contribution in [1.82, 2.24) is 5.32 Å². The van der Waals surface area contributed by atoms with Crippen molar-refractivity contribution in [2.24, 2.45) is 5.92 Å². The highest BCUT2D eigenvalue weighted by Gasteiger charge is 2.25. The summed E-state index contributed by atoms with van der Waals surface area (Å²) in [5.41, 5.74) is 2.99. The number of methoxy groups -OCH3 is 1. The first kappa shape index (κ1) is 11.6. The molecule has 0 aliphatic heterocycles. The van der Waals surface area contributed by atoms with Gasteiger partial charge in [-0.15, -0.1) is 0 Å². The predicted octanol–water partition coefficient (Wildman–Crippen LogP) is 2.55. The molecule has 2 atom stereocenters. The fourth-order valence-electron chi connectivity index (χ4n) is 2.55. The SMILES string of the molecule is COCCNC1c2ccccc2CCC1C. The van der Waals surface area contributed by atoms with Crippen LogP contribution in [0.2, 0.25) is 0 Å². The average Bonchev–Trinajstić information content (AvgIpc) is 2.32. The normalized spacial score (nSPS) is 24.1. The topological polar surface area (TPSA) is 21.3 Å². The molecule has 0 aromatic heterocycles. The molecule has 0 fully saturated rings. The molecule has 1 aromatic rings. The van der Waals surface area contributed by atoms with Crippen LogP contribution in [0.3, 0.4) is 0 Å². The van der Waals surface area contributed by atoms with Gasteiger partial charge in [0.15, 0.2) is 0 Å². The summed E-state index contributed by atoms with van der Waals surface area (Å²) in [6.45, 7) is 4.05. The molecule has 0 bridgehead atoms. The lowest BCUT2D eigenvalue weighted by Gasteiger charge is -2.32. The Balaban J connectivity index is 2.10. The molecule has 0 saturated carbocycles. The van der Waals surface area contributed by atoms with Gasteiger partial charge < -0.3 is 10.1 Å².